The van der Waals surface area contributed by atoms with E-state index in [0.717, 1.165) is 12.5 Å². The number of rotatable bonds is 2. The number of carboxylic acid groups (broad SMARTS) is 1. The summed E-state index contributed by atoms with van der Waals surface area (Å²) in [6.45, 7) is 2.88. The number of aliphatic carboxylic acids is 1. The Morgan fingerprint density at radius 1 is 1.46 bits per heavy atom. The number of hydrogen-bond donors (Lipinski definition) is 4. The summed E-state index contributed by atoms with van der Waals surface area (Å²) in [5.41, 5.74) is 7.00. The van der Waals surface area contributed by atoms with Gasteiger partial charge in [-0.1, -0.05) is 0 Å². The minimum Gasteiger partial charge on any atom is -0.480 e. The summed E-state index contributed by atoms with van der Waals surface area (Å²) in [5.74, 6) is -3.29. The van der Waals surface area contributed by atoms with Crippen LogP contribution in [0.1, 0.15) is 35.2 Å². The van der Waals surface area contributed by atoms with E-state index in [1.165, 1.54) is 0 Å². The second kappa shape index (κ2) is 5.46. The molecule has 4 atom stereocenters. The number of thiol groups is 2. The van der Waals surface area contributed by atoms with E-state index in [-0.39, 0.29) is 17.3 Å². The molecule has 3 unspecified atom stereocenters. The van der Waals surface area contributed by atoms with Gasteiger partial charge in [0.1, 0.15) is 10.7 Å². The largest absolute Gasteiger partial charge is 0.480 e. The fraction of sp³-hybridized carbons (Fsp3) is 0.471. The van der Waals surface area contributed by atoms with E-state index >= 15 is 0 Å². The lowest BCUT2D eigenvalue weighted by atomic mass is 9.67. The van der Waals surface area contributed by atoms with Crippen LogP contribution < -0.4 is 10.6 Å². The summed E-state index contributed by atoms with van der Waals surface area (Å²) in [7, 11) is 0. The maximum atomic E-state index is 14.8. The van der Waals surface area contributed by atoms with Crippen LogP contribution in [0.25, 0.3) is 0 Å². The first-order valence-electron chi connectivity index (χ1n) is 8.24. The summed E-state index contributed by atoms with van der Waals surface area (Å²) in [5, 5.41) is 9.59. The van der Waals surface area contributed by atoms with Gasteiger partial charge in [-0.2, -0.15) is 0 Å². The Hall–Kier alpha value is -1.58. The number of carbonyl (C=O) groups is 2. The Morgan fingerprint density at radius 2 is 2.15 bits per heavy atom. The summed E-state index contributed by atoms with van der Waals surface area (Å²) < 4.78 is 12.7. The molecular formula is C17H18FN3O3S2. The number of hydrogen-bond acceptors (Lipinski definition) is 7. The summed E-state index contributed by atoms with van der Waals surface area (Å²) in [4.78, 5) is 29.8. The van der Waals surface area contributed by atoms with Gasteiger partial charge in [0.2, 0.25) is 4.75 Å². The van der Waals surface area contributed by atoms with Crippen LogP contribution >= 0.6 is 25.3 Å². The minimum absolute atomic E-state index is 0.0241. The normalized spacial score (nSPS) is 35.5. The summed E-state index contributed by atoms with van der Waals surface area (Å²) in [6.07, 6.45) is 0.759. The number of anilines is 1. The Morgan fingerprint density at radius 3 is 2.69 bits per heavy atom. The van der Waals surface area contributed by atoms with Crippen molar-refractivity contribution in [3.05, 3.63) is 29.1 Å². The molecule has 4 rings (SSSR count). The average molecular weight is 395 g/mol. The van der Waals surface area contributed by atoms with Gasteiger partial charge in [0.15, 0.2) is 5.78 Å². The number of aliphatic imine (C=N–C) groups is 1. The molecule has 3 aliphatic rings. The van der Waals surface area contributed by atoms with Crippen molar-refractivity contribution >= 4 is 48.4 Å². The molecule has 0 radical (unpaired) electrons. The summed E-state index contributed by atoms with van der Waals surface area (Å²) >= 11 is 8.64. The monoisotopic (exact) mass is 395 g/mol. The molecule has 138 valence electrons. The lowest BCUT2D eigenvalue weighted by Crippen LogP contribution is -2.62. The molecule has 2 heterocycles. The number of ketones is 1. The molecule has 26 heavy (non-hydrogen) atoms. The molecule has 1 saturated heterocycles. The Bertz CT molecular complexity index is 888. The first-order chi connectivity index (χ1) is 12.1. The molecule has 0 saturated carbocycles. The van der Waals surface area contributed by atoms with Gasteiger partial charge >= 0.3 is 5.97 Å². The molecule has 3 N–H and O–H groups in total. The Labute approximate surface area is 160 Å². The van der Waals surface area contributed by atoms with Crippen LogP contribution in [0, 0.1) is 5.82 Å². The fourth-order valence-corrected chi connectivity index (χ4v) is 4.75. The average Bonchev–Trinajstić information content (AvgIpc) is 2.97. The van der Waals surface area contributed by atoms with Crippen molar-refractivity contribution in [2.24, 2.45) is 10.7 Å². The highest BCUT2D eigenvalue weighted by molar-refractivity contribution is 7.85. The molecule has 6 nitrogen and oxygen atoms in total. The number of fused-ring (bicyclic) bond motifs is 3. The third-order valence-electron chi connectivity index (χ3n) is 5.42. The molecule has 0 amide bonds. The van der Waals surface area contributed by atoms with Crippen molar-refractivity contribution in [1.29, 1.82) is 0 Å². The zero-order chi connectivity index (χ0) is 19.0. The third kappa shape index (κ3) is 2.20. The molecular weight excluding hydrogens is 377 g/mol. The number of carboxylic acids is 1. The number of nitrogens with zero attached hydrogens (tertiary/aromatic N) is 2. The van der Waals surface area contributed by atoms with Gasteiger partial charge in [-0.05, 0) is 31.0 Å². The SMILES string of the molecule is CC1(S)N=C2C1c1cc(N3CC[C@H](N)C3)c(F)cc1C(=O)C2(S)C(=O)O. The second-order valence-electron chi connectivity index (χ2n) is 7.25. The number of carbonyl (C=O) groups excluding carboxylic acids is 1. The molecule has 1 aromatic carbocycles. The molecule has 0 aromatic heterocycles. The third-order valence-corrected chi connectivity index (χ3v) is 6.40. The van der Waals surface area contributed by atoms with E-state index in [1.807, 2.05) is 4.90 Å². The van der Waals surface area contributed by atoms with E-state index in [0.29, 0.717) is 24.3 Å². The van der Waals surface area contributed by atoms with Gasteiger partial charge in [-0.25, -0.2) is 9.18 Å². The highest BCUT2D eigenvalue weighted by Gasteiger charge is 2.63. The molecule has 0 bridgehead atoms. The van der Waals surface area contributed by atoms with E-state index in [1.54, 1.807) is 13.0 Å². The van der Waals surface area contributed by atoms with E-state index in [2.05, 4.69) is 30.2 Å². The van der Waals surface area contributed by atoms with Crippen molar-refractivity contribution in [3.8, 4) is 0 Å². The Kier molecular flexibility index (Phi) is 3.74. The van der Waals surface area contributed by atoms with Crippen LogP contribution in [-0.4, -0.2) is 51.3 Å². The van der Waals surface area contributed by atoms with Crippen LogP contribution in [0.2, 0.25) is 0 Å². The van der Waals surface area contributed by atoms with Gasteiger partial charge < -0.3 is 15.7 Å². The standard InChI is InChI=1S/C17H18FN3O3S2/c1-16(25)12-8-5-11(21-3-2-7(19)6-21)10(18)4-9(8)14(22)17(26,15(23)24)13(12)20-16/h4-5,7,12,25-26H,2-3,6,19H2,1H3,(H,23,24)/t7-,12?,16?,17?/m0/s1. The fourth-order valence-electron chi connectivity index (χ4n) is 4.08. The van der Waals surface area contributed by atoms with Crippen molar-refractivity contribution < 1.29 is 19.1 Å². The van der Waals surface area contributed by atoms with Crippen molar-refractivity contribution in [3.63, 3.8) is 0 Å². The van der Waals surface area contributed by atoms with Gasteiger partial charge in [-0.15, -0.1) is 25.3 Å². The molecule has 1 fully saturated rings. The smallest absolute Gasteiger partial charge is 0.333 e. The van der Waals surface area contributed by atoms with Gasteiger partial charge in [-0.3, -0.25) is 9.79 Å². The maximum Gasteiger partial charge on any atom is 0.333 e. The summed E-state index contributed by atoms with van der Waals surface area (Å²) in [6, 6.07) is 2.70. The first kappa shape index (κ1) is 17.8. The van der Waals surface area contributed by atoms with Crippen molar-refractivity contribution in [2.45, 2.75) is 34.9 Å². The van der Waals surface area contributed by atoms with Crippen molar-refractivity contribution in [2.75, 3.05) is 18.0 Å². The topological polar surface area (TPSA) is 96.0 Å². The highest BCUT2D eigenvalue weighted by atomic mass is 32.1. The van der Waals surface area contributed by atoms with Gasteiger partial charge in [0, 0.05) is 24.7 Å². The number of benzene rings is 1. The van der Waals surface area contributed by atoms with Gasteiger partial charge in [0.05, 0.1) is 17.3 Å². The van der Waals surface area contributed by atoms with Crippen molar-refractivity contribution in [1.82, 2.24) is 0 Å². The van der Waals surface area contributed by atoms with Crippen LogP contribution in [0.15, 0.2) is 17.1 Å². The number of Topliss-reactive ketones (excluding diaryl/α,β-unsaturated/α-hetero) is 1. The van der Waals surface area contributed by atoms with E-state index < -0.39 is 33.1 Å². The minimum atomic E-state index is -2.09. The zero-order valence-corrected chi connectivity index (χ0v) is 15.7. The number of nitrogens with two attached hydrogens (primary N) is 1. The maximum absolute atomic E-state index is 14.8. The van der Waals surface area contributed by atoms with Crippen LogP contribution in [-0.2, 0) is 4.79 Å². The van der Waals surface area contributed by atoms with E-state index in [9.17, 15) is 19.1 Å². The zero-order valence-electron chi connectivity index (χ0n) is 13.9. The quantitative estimate of drug-likeness (QED) is 0.450. The molecule has 1 aromatic rings. The Balaban J connectivity index is 1.90. The van der Waals surface area contributed by atoms with Crippen LogP contribution in [0.4, 0.5) is 10.1 Å². The number of halogens is 1. The predicted molar refractivity (Wildman–Crippen MR) is 102 cm³/mol. The first-order valence-corrected chi connectivity index (χ1v) is 9.14. The highest BCUT2D eigenvalue weighted by Crippen LogP contribution is 2.54. The van der Waals surface area contributed by atoms with Gasteiger partial charge in [0.25, 0.3) is 0 Å². The molecule has 0 spiro atoms. The van der Waals surface area contributed by atoms with E-state index in [4.69, 9.17) is 5.73 Å². The lowest BCUT2D eigenvalue weighted by Gasteiger charge is -2.49. The predicted octanol–water partition coefficient (Wildman–Crippen LogP) is 1.50. The molecule has 9 heteroatoms. The molecule has 2 aliphatic heterocycles. The lowest BCUT2D eigenvalue weighted by molar-refractivity contribution is -0.136. The second-order valence-corrected chi connectivity index (χ2v) is 8.83. The van der Waals surface area contributed by atoms with Crippen LogP contribution in [0.5, 0.6) is 0 Å². The molecule has 1 aliphatic carbocycles. The van der Waals surface area contributed by atoms with Crippen LogP contribution in [0.3, 0.4) is 0 Å².